The first-order valence-corrected chi connectivity index (χ1v) is 7.99. The average molecular weight is 340 g/mol. The number of ketones is 1. The summed E-state index contributed by atoms with van der Waals surface area (Å²) in [5.41, 5.74) is 1.42. The van der Waals surface area contributed by atoms with E-state index in [1.54, 1.807) is 47.4 Å². The Balaban J connectivity index is 2.00. The summed E-state index contributed by atoms with van der Waals surface area (Å²) >= 11 is 0. The Bertz CT molecular complexity index is 792. The Morgan fingerprint density at radius 3 is 2.80 bits per heavy atom. The minimum absolute atomic E-state index is 0.0554. The molecular weight excluding hydrogens is 320 g/mol. The van der Waals surface area contributed by atoms with Gasteiger partial charge in [-0.05, 0) is 31.5 Å². The number of Topliss-reactive ketones (excluding diaryl/α,β-unsaturated/α-hetero) is 1. The van der Waals surface area contributed by atoms with Crippen molar-refractivity contribution in [1.29, 1.82) is 5.26 Å². The third-order valence-corrected chi connectivity index (χ3v) is 3.51. The molecule has 1 heterocycles. The number of para-hydroxylation sites is 2. The molecule has 2 rings (SSSR count). The van der Waals surface area contributed by atoms with Crippen LogP contribution in [-0.2, 0) is 16.1 Å². The molecular formula is C18H20N4O3. The molecule has 0 saturated heterocycles. The summed E-state index contributed by atoms with van der Waals surface area (Å²) in [7, 11) is 0. The molecule has 0 spiro atoms. The van der Waals surface area contributed by atoms with Crippen LogP contribution in [0.15, 0.2) is 36.7 Å². The molecule has 7 nitrogen and oxygen atoms in total. The Morgan fingerprint density at radius 1 is 1.40 bits per heavy atom. The number of rotatable bonds is 8. The number of amides is 1. The Morgan fingerprint density at radius 2 is 2.16 bits per heavy atom. The zero-order chi connectivity index (χ0) is 18.2. The number of benzene rings is 1. The SMILES string of the molecule is CCOc1ccccc1NC(=O)C(C#N)C(=O)CCn1cc(C)cn1. The third-order valence-electron chi connectivity index (χ3n) is 3.51. The number of ether oxygens (including phenoxy) is 1. The second kappa shape index (κ2) is 8.64. The summed E-state index contributed by atoms with van der Waals surface area (Å²) in [5.74, 6) is -1.97. The van der Waals surface area contributed by atoms with E-state index >= 15 is 0 Å². The Labute approximate surface area is 146 Å². The van der Waals surface area contributed by atoms with Gasteiger partial charge in [-0.15, -0.1) is 0 Å². The van der Waals surface area contributed by atoms with Crippen LogP contribution in [-0.4, -0.2) is 28.1 Å². The van der Waals surface area contributed by atoms with Gasteiger partial charge in [0.2, 0.25) is 5.91 Å². The molecule has 0 aliphatic carbocycles. The lowest BCUT2D eigenvalue weighted by molar-refractivity contribution is -0.129. The number of anilines is 1. The van der Waals surface area contributed by atoms with Crippen LogP contribution in [0.25, 0.3) is 0 Å². The van der Waals surface area contributed by atoms with Crippen LogP contribution in [0.4, 0.5) is 5.69 Å². The van der Waals surface area contributed by atoms with Crippen molar-refractivity contribution >= 4 is 17.4 Å². The fourth-order valence-corrected chi connectivity index (χ4v) is 2.29. The second-order valence-electron chi connectivity index (χ2n) is 5.48. The van der Waals surface area contributed by atoms with Crippen LogP contribution < -0.4 is 10.1 Å². The number of aromatic nitrogens is 2. The summed E-state index contributed by atoms with van der Waals surface area (Å²) in [6.45, 7) is 4.49. The van der Waals surface area contributed by atoms with Crippen molar-refractivity contribution in [2.75, 3.05) is 11.9 Å². The highest BCUT2D eigenvalue weighted by Crippen LogP contribution is 2.24. The number of carbonyl (C=O) groups is 2. The molecule has 0 bridgehead atoms. The van der Waals surface area contributed by atoms with Gasteiger partial charge in [0.05, 0.1) is 24.6 Å². The molecule has 25 heavy (non-hydrogen) atoms. The van der Waals surface area contributed by atoms with Crippen LogP contribution in [0.3, 0.4) is 0 Å². The van der Waals surface area contributed by atoms with E-state index in [-0.39, 0.29) is 6.42 Å². The van der Waals surface area contributed by atoms with Gasteiger partial charge in [-0.25, -0.2) is 0 Å². The van der Waals surface area contributed by atoms with Crippen LogP contribution in [0.1, 0.15) is 18.9 Å². The standard InChI is InChI=1S/C18H20N4O3/c1-3-25-17-7-5-4-6-15(17)21-18(24)14(10-19)16(23)8-9-22-12-13(2)11-20-22/h4-7,11-12,14H,3,8-9H2,1-2H3,(H,21,24). The normalized spacial score (nSPS) is 11.4. The van der Waals surface area contributed by atoms with Gasteiger partial charge in [-0.3, -0.25) is 14.3 Å². The first-order chi connectivity index (χ1) is 12.0. The molecule has 0 fully saturated rings. The molecule has 1 atom stereocenters. The molecule has 0 saturated carbocycles. The highest BCUT2D eigenvalue weighted by atomic mass is 16.5. The maximum absolute atomic E-state index is 12.3. The lowest BCUT2D eigenvalue weighted by Gasteiger charge is -2.13. The van der Waals surface area contributed by atoms with Crippen LogP contribution >= 0.6 is 0 Å². The van der Waals surface area contributed by atoms with Crippen LogP contribution in [0, 0.1) is 24.2 Å². The molecule has 130 valence electrons. The number of nitrogens with one attached hydrogen (secondary N) is 1. The van der Waals surface area contributed by atoms with Gasteiger partial charge in [0.1, 0.15) is 5.75 Å². The Kier molecular flexibility index (Phi) is 6.29. The zero-order valence-electron chi connectivity index (χ0n) is 14.2. The molecule has 0 aliphatic rings. The van der Waals surface area contributed by atoms with E-state index in [9.17, 15) is 14.9 Å². The predicted octanol–water partition coefficient (Wildman–Crippen LogP) is 2.33. The topological polar surface area (TPSA) is 97.0 Å². The molecule has 1 amide bonds. The van der Waals surface area contributed by atoms with Gasteiger partial charge < -0.3 is 10.1 Å². The van der Waals surface area contributed by atoms with E-state index in [0.29, 0.717) is 24.6 Å². The van der Waals surface area contributed by atoms with Crippen molar-refractivity contribution in [3.8, 4) is 11.8 Å². The van der Waals surface area contributed by atoms with E-state index < -0.39 is 17.6 Å². The Hall–Kier alpha value is -3.14. The van der Waals surface area contributed by atoms with Crippen LogP contribution in [0.5, 0.6) is 5.75 Å². The van der Waals surface area contributed by atoms with Gasteiger partial charge in [-0.2, -0.15) is 10.4 Å². The molecule has 2 aromatic rings. The number of aryl methyl sites for hydroxylation is 2. The minimum atomic E-state index is -1.37. The van der Waals surface area contributed by atoms with Crippen molar-refractivity contribution in [3.63, 3.8) is 0 Å². The van der Waals surface area contributed by atoms with Crippen molar-refractivity contribution in [1.82, 2.24) is 9.78 Å². The molecule has 7 heteroatoms. The number of carbonyl (C=O) groups excluding carboxylic acids is 2. The molecule has 1 unspecified atom stereocenters. The maximum atomic E-state index is 12.3. The summed E-state index contributed by atoms with van der Waals surface area (Å²) in [5, 5.41) is 15.9. The van der Waals surface area contributed by atoms with Gasteiger partial charge in [0.25, 0.3) is 0 Å². The molecule has 1 aromatic heterocycles. The molecule has 0 aliphatic heterocycles. The van der Waals surface area contributed by atoms with Gasteiger partial charge >= 0.3 is 0 Å². The summed E-state index contributed by atoms with van der Waals surface area (Å²) < 4.78 is 7.04. The van der Waals surface area contributed by atoms with E-state index in [2.05, 4.69) is 10.4 Å². The lowest BCUT2D eigenvalue weighted by atomic mass is 10.0. The third kappa shape index (κ3) is 4.91. The fraction of sp³-hybridized carbons (Fsp3) is 0.333. The van der Waals surface area contributed by atoms with Gasteiger partial charge in [-0.1, -0.05) is 12.1 Å². The second-order valence-corrected chi connectivity index (χ2v) is 5.48. The van der Waals surface area contributed by atoms with E-state index in [1.165, 1.54) is 0 Å². The molecule has 0 radical (unpaired) electrons. The van der Waals surface area contributed by atoms with E-state index in [1.807, 2.05) is 13.8 Å². The smallest absolute Gasteiger partial charge is 0.249 e. The average Bonchev–Trinajstić information content (AvgIpc) is 3.01. The quantitative estimate of drug-likeness (QED) is 0.744. The number of hydrogen-bond acceptors (Lipinski definition) is 5. The molecule has 1 N–H and O–H groups in total. The maximum Gasteiger partial charge on any atom is 0.249 e. The lowest BCUT2D eigenvalue weighted by Crippen LogP contribution is -2.29. The highest BCUT2D eigenvalue weighted by molar-refractivity contribution is 6.09. The number of hydrogen-bond donors (Lipinski definition) is 1. The van der Waals surface area contributed by atoms with E-state index in [0.717, 1.165) is 5.56 Å². The largest absolute Gasteiger partial charge is 0.492 e. The molecule has 1 aromatic carbocycles. The highest BCUT2D eigenvalue weighted by Gasteiger charge is 2.26. The summed E-state index contributed by atoms with van der Waals surface area (Å²) in [6, 6.07) is 8.67. The fourth-order valence-electron chi connectivity index (χ4n) is 2.29. The minimum Gasteiger partial charge on any atom is -0.492 e. The first kappa shape index (κ1) is 18.2. The summed E-state index contributed by atoms with van der Waals surface area (Å²) in [4.78, 5) is 24.6. The first-order valence-electron chi connectivity index (χ1n) is 7.99. The zero-order valence-corrected chi connectivity index (χ0v) is 14.2. The van der Waals surface area contributed by atoms with Crippen LogP contribution in [0.2, 0.25) is 0 Å². The van der Waals surface area contributed by atoms with Crippen molar-refractivity contribution < 1.29 is 14.3 Å². The predicted molar refractivity (Wildman–Crippen MR) is 91.9 cm³/mol. The number of nitrogens with zero attached hydrogens (tertiary/aromatic N) is 3. The van der Waals surface area contributed by atoms with Crippen molar-refractivity contribution in [3.05, 3.63) is 42.2 Å². The van der Waals surface area contributed by atoms with E-state index in [4.69, 9.17) is 4.74 Å². The van der Waals surface area contributed by atoms with Crippen molar-refractivity contribution in [2.45, 2.75) is 26.8 Å². The monoisotopic (exact) mass is 340 g/mol. The summed E-state index contributed by atoms with van der Waals surface area (Å²) in [6.07, 6.45) is 3.54. The number of nitriles is 1. The van der Waals surface area contributed by atoms with Gasteiger partial charge in [0.15, 0.2) is 11.7 Å². The van der Waals surface area contributed by atoms with Crippen molar-refractivity contribution in [2.24, 2.45) is 5.92 Å². The van der Waals surface area contributed by atoms with Gasteiger partial charge in [0, 0.05) is 19.2 Å².